The lowest BCUT2D eigenvalue weighted by molar-refractivity contribution is -0.140. The molecule has 0 aliphatic carbocycles. The minimum Gasteiger partial charge on any atom is -0.364 e. The molecule has 0 saturated carbocycles. The lowest BCUT2D eigenvalue weighted by Gasteiger charge is -2.17. The number of benzene rings is 1. The lowest BCUT2D eigenvalue weighted by atomic mass is 10.2. The van der Waals surface area contributed by atoms with Crippen molar-refractivity contribution in [2.75, 3.05) is 14.1 Å². The monoisotopic (exact) mass is 207 g/mol. The standard InChI is InChI=1S/C12H17NO2/c1-10(12(14)13(2)3)15-9-11-7-5-4-6-8-11/h4-8,10H,9H2,1-3H3/t10-/m0/s1. The highest BCUT2D eigenvalue weighted by Crippen LogP contribution is 2.04. The van der Waals surface area contributed by atoms with Gasteiger partial charge >= 0.3 is 0 Å². The van der Waals surface area contributed by atoms with Gasteiger partial charge in [-0.05, 0) is 12.5 Å². The number of amides is 1. The molecule has 0 N–H and O–H groups in total. The van der Waals surface area contributed by atoms with E-state index in [1.54, 1.807) is 21.0 Å². The number of nitrogens with zero attached hydrogens (tertiary/aromatic N) is 1. The van der Waals surface area contributed by atoms with Gasteiger partial charge < -0.3 is 9.64 Å². The molecule has 15 heavy (non-hydrogen) atoms. The van der Waals surface area contributed by atoms with E-state index in [1.165, 1.54) is 4.90 Å². The molecule has 0 bridgehead atoms. The Morgan fingerprint density at radius 3 is 2.47 bits per heavy atom. The average Bonchev–Trinajstić information content (AvgIpc) is 2.26. The predicted octanol–water partition coefficient (Wildman–Crippen LogP) is 1.68. The van der Waals surface area contributed by atoms with E-state index >= 15 is 0 Å². The third-order valence-corrected chi connectivity index (χ3v) is 2.13. The van der Waals surface area contributed by atoms with E-state index < -0.39 is 0 Å². The van der Waals surface area contributed by atoms with Gasteiger partial charge in [-0.25, -0.2) is 0 Å². The Morgan fingerprint density at radius 2 is 1.93 bits per heavy atom. The van der Waals surface area contributed by atoms with Crippen LogP contribution in [0.4, 0.5) is 0 Å². The summed E-state index contributed by atoms with van der Waals surface area (Å²) in [5.74, 6) is -0.00840. The lowest BCUT2D eigenvalue weighted by Crippen LogP contribution is -2.33. The van der Waals surface area contributed by atoms with E-state index in [0.29, 0.717) is 6.61 Å². The first-order valence-corrected chi connectivity index (χ1v) is 4.98. The van der Waals surface area contributed by atoms with Crippen LogP contribution in [0, 0.1) is 0 Å². The number of rotatable bonds is 4. The number of likely N-dealkylation sites (N-methyl/N-ethyl adjacent to an activating group) is 1. The molecule has 0 spiro atoms. The summed E-state index contributed by atoms with van der Waals surface area (Å²) in [4.78, 5) is 13.0. The second kappa shape index (κ2) is 5.51. The molecule has 3 nitrogen and oxygen atoms in total. The molecule has 0 radical (unpaired) electrons. The summed E-state index contributed by atoms with van der Waals surface area (Å²) < 4.78 is 5.46. The van der Waals surface area contributed by atoms with Gasteiger partial charge in [0.05, 0.1) is 6.61 Å². The predicted molar refractivity (Wildman–Crippen MR) is 59.4 cm³/mol. The summed E-state index contributed by atoms with van der Waals surface area (Å²) in [5, 5.41) is 0. The molecule has 0 saturated heterocycles. The molecule has 0 unspecified atom stereocenters. The van der Waals surface area contributed by atoms with Crippen molar-refractivity contribution >= 4 is 5.91 Å². The van der Waals surface area contributed by atoms with Crippen LogP contribution in [0.5, 0.6) is 0 Å². The molecule has 1 atom stereocenters. The zero-order valence-electron chi connectivity index (χ0n) is 9.43. The normalized spacial score (nSPS) is 12.2. The van der Waals surface area contributed by atoms with Crippen molar-refractivity contribution in [1.82, 2.24) is 4.90 Å². The van der Waals surface area contributed by atoms with Crippen LogP contribution in [-0.2, 0) is 16.1 Å². The summed E-state index contributed by atoms with van der Waals surface area (Å²) in [6, 6.07) is 9.83. The quantitative estimate of drug-likeness (QED) is 0.751. The number of ether oxygens (including phenoxy) is 1. The number of hydrogen-bond donors (Lipinski definition) is 0. The second-order valence-electron chi connectivity index (χ2n) is 3.67. The van der Waals surface area contributed by atoms with Gasteiger partial charge in [-0.3, -0.25) is 4.79 Å². The van der Waals surface area contributed by atoms with E-state index in [1.807, 2.05) is 30.3 Å². The van der Waals surface area contributed by atoms with Gasteiger partial charge in [0, 0.05) is 14.1 Å². The maximum absolute atomic E-state index is 11.5. The van der Waals surface area contributed by atoms with Crippen LogP contribution in [0.2, 0.25) is 0 Å². The summed E-state index contributed by atoms with van der Waals surface area (Å²) in [7, 11) is 3.45. The van der Waals surface area contributed by atoms with E-state index in [0.717, 1.165) is 5.56 Å². The number of carbonyl (C=O) groups excluding carboxylic acids is 1. The molecule has 0 heterocycles. The van der Waals surface area contributed by atoms with E-state index in [-0.39, 0.29) is 12.0 Å². The van der Waals surface area contributed by atoms with Gasteiger partial charge in [-0.2, -0.15) is 0 Å². The molecule has 1 amide bonds. The largest absolute Gasteiger partial charge is 0.364 e. The fraction of sp³-hybridized carbons (Fsp3) is 0.417. The van der Waals surface area contributed by atoms with Crippen molar-refractivity contribution in [3.05, 3.63) is 35.9 Å². The highest BCUT2D eigenvalue weighted by Gasteiger charge is 2.14. The van der Waals surface area contributed by atoms with Crippen LogP contribution in [-0.4, -0.2) is 31.0 Å². The second-order valence-corrected chi connectivity index (χ2v) is 3.67. The maximum atomic E-state index is 11.5. The van der Waals surface area contributed by atoms with E-state index in [4.69, 9.17) is 4.74 Å². The maximum Gasteiger partial charge on any atom is 0.250 e. The van der Waals surface area contributed by atoms with Crippen molar-refractivity contribution < 1.29 is 9.53 Å². The van der Waals surface area contributed by atoms with Gasteiger partial charge in [0.25, 0.3) is 5.91 Å². The van der Waals surface area contributed by atoms with Gasteiger partial charge in [0.2, 0.25) is 0 Å². The zero-order valence-corrected chi connectivity index (χ0v) is 9.43. The first kappa shape index (κ1) is 11.7. The highest BCUT2D eigenvalue weighted by atomic mass is 16.5. The Balaban J connectivity index is 2.41. The first-order chi connectivity index (χ1) is 7.11. The number of hydrogen-bond acceptors (Lipinski definition) is 2. The SMILES string of the molecule is C[C@H](OCc1ccccc1)C(=O)N(C)C. The van der Waals surface area contributed by atoms with Crippen molar-refractivity contribution in [2.24, 2.45) is 0 Å². The Hall–Kier alpha value is -1.35. The van der Waals surface area contributed by atoms with Crippen molar-refractivity contribution in [2.45, 2.75) is 19.6 Å². The first-order valence-electron chi connectivity index (χ1n) is 4.98. The highest BCUT2D eigenvalue weighted by molar-refractivity contribution is 5.79. The van der Waals surface area contributed by atoms with E-state index in [9.17, 15) is 4.79 Å². The molecule has 0 aromatic heterocycles. The smallest absolute Gasteiger partial charge is 0.250 e. The number of carbonyl (C=O) groups is 1. The molecular formula is C12H17NO2. The van der Waals surface area contributed by atoms with E-state index in [2.05, 4.69) is 0 Å². The molecule has 0 aliphatic rings. The Labute approximate surface area is 90.7 Å². The topological polar surface area (TPSA) is 29.5 Å². The molecule has 1 aromatic rings. The van der Waals surface area contributed by atoms with Crippen LogP contribution in [0.25, 0.3) is 0 Å². The van der Waals surface area contributed by atoms with Crippen LogP contribution < -0.4 is 0 Å². The third-order valence-electron chi connectivity index (χ3n) is 2.13. The Bertz CT molecular complexity index is 309. The Morgan fingerprint density at radius 1 is 1.33 bits per heavy atom. The molecule has 82 valence electrons. The third kappa shape index (κ3) is 3.72. The van der Waals surface area contributed by atoms with Gasteiger partial charge in [0.1, 0.15) is 6.10 Å². The van der Waals surface area contributed by atoms with Crippen LogP contribution in [0.3, 0.4) is 0 Å². The van der Waals surface area contributed by atoms with Crippen molar-refractivity contribution in [3.63, 3.8) is 0 Å². The summed E-state index contributed by atoms with van der Waals surface area (Å²) in [6.45, 7) is 2.24. The van der Waals surface area contributed by atoms with Crippen LogP contribution >= 0.6 is 0 Å². The fourth-order valence-corrected chi connectivity index (χ4v) is 1.23. The molecular weight excluding hydrogens is 190 g/mol. The molecule has 3 heteroatoms. The minimum atomic E-state index is -0.389. The Kier molecular flexibility index (Phi) is 4.31. The fourth-order valence-electron chi connectivity index (χ4n) is 1.23. The van der Waals surface area contributed by atoms with Crippen molar-refractivity contribution in [1.29, 1.82) is 0 Å². The molecule has 0 aliphatic heterocycles. The molecule has 1 rings (SSSR count). The molecule has 1 aromatic carbocycles. The molecule has 0 fully saturated rings. The minimum absolute atomic E-state index is 0.00840. The van der Waals surface area contributed by atoms with Gasteiger partial charge in [-0.15, -0.1) is 0 Å². The van der Waals surface area contributed by atoms with Gasteiger partial charge in [0.15, 0.2) is 0 Å². The van der Waals surface area contributed by atoms with Crippen LogP contribution in [0.1, 0.15) is 12.5 Å². The van der Waals surface area contributed by atoms with Crippen LogP contribution in [0.15, 0.2) is 30.3 Å². The summed E-state index contributed by atoms with van der Waals surface area (Å²) >= 11 is 0. The summed E-state index contributed by atoms with van der Waals surface area (Å²) in [6.07, 6.45) is -0.389. The van der Waals surface area contributed by atoms with Crippen molar-refractivity contribution in [3.8, 4) is 0 Å². The van der Waals surface area contributed by atoms with Gasteiger partial charge in [-0.1, -0.05) is 30.3 Å². The zero-order chi connectivity index (χ0) is 11.3. The summed E-state index contributed by atoms with van der Waals surface area (Å²) in [5.41, 5.74) is 1.08. The average molecular weight is 207 g/mol.